The van der Waals surface area contributed by atoms with Gasteiger partial charge in [0, 0.05) is 28.9 Å². The van der Waals surface area contributed by atoms with E-state index >= 15 is 0 Å². The number of benzene rings is 3. The van der Waals surface area contributed by atoms with Gasteiger partial charge in [-0.2, -0.15) is 0 Å². The van der Waals surface area contributed by atoms with Crippen molar-refractivity contribution in [3.05, 3.63) is 78.5 Å². The van der Waals surface area contributed by atoms with Crippen LogP contribution in [0.1, 0.15) is 5.56 Å². The fourth-order valence-corrected chi connectivity index (χ4v) is 2.87. The van der Waals surface area contributed by atoms with E-state index in [1.807, 2.05) is 67.6 Å². The van der Waals surface area contributed by atoms with Gasteiger partial charge in [0.25, 0.3) is 0 Å². The molecule has 4 heteroatoms. The highest BCUT2D eigenvalue weighted by Crippen LogP contribution is 2.34. The zero-order valence-electron chi connectivity index (χ0n) is 13.8. The number of nitrogens with one attached hydrogen (secondary N) is 1. The third-order valence-electron chi connectivity index (χ3n) is 4.16. The molecule has 0 radical (unpaired) electrons. The normalized spacial score (nSPS) is 10.8. The average Bonchev–Trinajstić information content (AvgIpc) is 2.63. The Hall–Kier alpha value is -3.40. The van der Waals surface area contributed by atoms with Crippen LogP contribution < -0.4 is 5.32 Å². The van der Waals surface area contributed by atoms with E-state index in [9.17, 15) is 5.11 Å². The number of phenolic OH excluding ortho intramolecular Hbond substituents is 1. The number of hydrogen-bond donors (Lipinski definition) is 2. The lowest BCUT2D eigenvalue weighted by Gasteiger charge is -2.10. The van der Waals surface area contributed by atoms with Crippen LogP contribution in [0, 0.1) is 6.92 Å². The van der Waals surface area contributed by atoms with E-state index < -0.39 is 0 Å². The van der Waals surface area contributed by atoms with Crippen molar-refractivity contribution in [3.63, 3.8) is 0 Å². The number of aryl methyl sites for hydroxylation is 1. The molecule has 0 aliphatic rings. The van der Waals surface area contributed by atoms with Gasteiger partial charge in [0.15, 0.2) is 0 Å². The molecule has 4 rings (SSSR count). The van der Waals surface area contributed by atoms with Crippen LogP contribution in [0.25, 0.3) is 22.0 Å². The highest BCUT2D eigenvalue weighted by molar-refractivity contribution is 5.89. The second-order valence-electron chi connectivity index (χ2n) is 5.93. The van der Waals surface area contributed by atoms with Gasteiger partial charge >= 0.3 is 0 Å². The van der Waals surface area contributed by atoms with E-state index in [0.717, 1.165) is 27.8 Å². The second kappa shape index (κ2) is 6.24. The lowest BCUT2D eigenvalue weighted by atomic mass is 9.98. The summed E-state index contributed by atoms with van der Waals surface area (Å²) in [7, 11) is 0. The maximum atomic E-state index is 10.5. The molecule has 4 aromatic rings. The zero-order chi connectivity index (χ0) is 17.2. The Balaban J connectivity index is 1.75. The van der Waals surface area contributed by atoms with Crippen LogP contribution in [-0.4, -0.2) is 15.1 Å². The summed E-state index contributed by atoms with van der Waals surface area (Å²) in [6.45, 7) is 2.03. The summed E-state index contributed by atoms with van der Waals surface area (Å²) in [5.41, 5.74) is 4.53. The van der Waals surface area contributed by atoms with E-state index in [-0.39, 0.29) is 5.75 Å². The molecule has 1 heterocycles. The summed E-state index contributed by atoms with van der Waals surface area (Å²) in [6, 6.07) is 21.4. The minimum atomic E-state index is 0.214. The van der Waals surface area contributed by atoms with Crippen LogP contribution in [0.3, 0.4) is 0 Å². The number of phenols is 1. The van der Waals surface area contributed by atoms with Gasteiger partial charge in [0.2, 0.25) is 5.95 Å². The average molecular weight is 327 g/mol. The molecular weight excluding hydrogens is 310 g/mol. The number of fused-ring (bicyclic) bond motifs is 1. The molecule has 0 saturated carbocycles. The van der Waals surface area contributed by atoms with Crippen LogP contribution in [-0.2, 0) is 0 Å². The highest BCUT2D eigenvalue weighted by atomic mass is 16.3. The predicted octanol–water partition coefficient (Wildman–Crippen LogP) is 5.05. The predicted molar refractivity (Wildman–Crippen MR) is 101 cm³/mol. The molecule has 25 heavy (non-hydrogen) atoms. The smallest absolute Gasteiger partial charge is 0.227 e. The fraction of sp³-hybridized carbons (Fsp3) is 0.0476. The maximum absolute atomic E-state index is 10.5. The van der Waals surface area contributed by atoms with E-state index in [2.05, 4.69) is 15.3 Å². The van der Waals surface area contributed by atoms with Gasteiger partial charge in [-0.05, 0) is 36.2 Å². The largest absolute Gasteiger partial charge is 0.507 e. The minimum absolute atomic E-state index is 0.214. The van der Waals surface area contributed by atoms with Crippen LogP contribution in [0.15, 0.2) is 72.9 Å². The van der Waals surface area contributed by atoms with Gasteiger partial charge in [-0.3, -0.25) is 0 Å². The second-order valence-corrected chi connectivity index (χ2v) is 5.93. The Labute approximate surface area is 145 Å². The Kier molecular flexibility index (Phi) is 3.78. The van der Waals surface area contributed by atoms with Crippen molar-refractivity contribution in [1.29, 1.82) is 0 Å². The van der Waals surface area contributed by atoms with E-state index in [4.69, 9.17) is 0 Å². The molecule has 122 valence electrons. The molecule has 0 aliphatic carbocycles. The first-order chi connectivity index (χ1) is 12.2. The Morgan fingerprint density at radius 2 is 1.64 bits per heavy atom. The van der Waals surface area contributed by atoms with E-state index in [0.29, 0.717) is 11.5 Å². The molecule has 4 nitrogen and oxygen atoms in total. The van der Waals surface area contributed by atoms with Crippen molar-refractivity contribution < 1.29 is 5.11 Å². The first kappa shape index (κ1) is 15.1. The molecule has 0 unspecified atom stereocenters. The van der Waals surface area contributed by atoms with Gasteiger partial charge in [-0.15, -0.1) is 0 Å². The minimum Gasteiger partial charge on any atom is -0.507 e. The van der Waals surface area contributed by atoms with Crippen molar-refractivity contribution >= 4 is 22.5 Å². The topological polar surface area (TPSA) is 58.0 Å². The van der Waals surface area contributed by atoms with Crippen LogP contribution >= 0.6 is 0 Å². The third kappa shape index (κ3) is 3.02. The number of rotatable bonds is 3. The molecule has 0 aliphatic heterocycles. The van der Waals surface area contributed by atoms with Crippen LogP contribution in [0.2, 0.25) is 0 Å². The summed E-state index contributed by atoms with van der Waals surface area (Å²) < 4.78 is 0. The summed E-state index contributed by atoms with van der Waals surface area (Å²) in [5, 5.41) is 14.5. The van der Waals surface area contributed by atoms with Crippen molar-refractivity contribution in [2.24, 2.45) is 0 Å². The SMILES string of the molecule is Cc1ccccc1-c1cc2cnc(Nc3ccccc3)nc2cc1O. The Morgan fingerprint density at radius 3 is 2.44 bits per heavy atom. The van der Waals surface area contributed by atoms with Crippen molar-refractivity contribution in [3.8, 4) is 16.9 Å². The lowest BCUT2D eigenvalue weighted by Crippen LogP contribution is -1.97. The number of aromatic nitrogens is 2. The summed E-state index contributed by atoms with van der Waals surface area (Å²) in [6.07, 6.45) is 1.77. The first-order valence-electron chi connectivity index (χ1n) is 8.08. The highest BCUT2D eigenvalue weighted by Gasteiger charge is 2.10. The maximum Gasteiger partial charge on any atom is 0.227 e. The summed E-state index contributed by atoms with van der Waals surface area (Å²) in [4.78, 5) is 8.89. The lowest BCUT2D eigenvalue weighted by molar-refractivity contribution is 0.478. The van der Waals surface area contributed by atoms with Crippen molar-refractivity contribution in [2.45, 2.75) is 6.92 Å². The van der Waals surface area contributed by atoms with Gasteiger partial charge < -0.3 is 10.4 Å². The fourth-order valence-electron chi connectivity index (χ4n) is 2.87. The quantitative estimate of drug-likeness (QED) is 0.552. The molecule has 0 spiro atoms. The molecule has 0 fully saturated rings. The Morgan fingerprint density at radius 1 is 0.880 bits per heavy atom. The molecule has 0 atom stereocenters. The number of aromatic hydroxyl groups is 1. The Bertz CT molecular complexity index is 1050. The molecule has 0 bridgehead atoms. The summed E-state index contributed by atoms with van der Waals surface area (Å²) >= 11 is 0. The van der Waals surface area contributed by atoms with E-state index in [1.165, 1.54) is 0 Å². The van der Waals surface area contributed by atoms with Crippen molar-refractivity contribution in [1.82, 2.24) is 9.97 Å². The molecule has 0 saturated heterocycles. The number of para-hydroxylation sites is 1. The first-order valence-corrected chi connectivity index (χ1v) is 8.08. The van der Waals surface area contributed by atoms with Gasteiger partial charge in [0.05, 0.1) is 5.52 Å². The molecule has 1 aromatic heterocycles. The third-order valence-corrected chi connectivity index (χ3v) is 4.16. The number of hydrogen-bond acceptors (Lipinski definition) is 4. The molecule has 3 aromatic carbocycles. The number of nitrogens with zero attached hydrogens (tertiary/aromatic N) is 2. The zero-order valence-corrected chi connectivity index (χ0v) is 13.8. The van der Waals surface area contributed by atoms with Gasteiger partial charge in [-0.1, -0.05) is 42.5 Å². The molecular formula is C21H17N3O. The summed E-state index contributed by atoms with van der Waals surface area (Å²) in [5.74, 6) is 0.716. The standard InChI is InChI=1S/C21H17N3O/c1-14-7-5-6-10-17(14)18-11-15-13-22-21(24-19(15)12-20(18)25)23-16-8-3-2-4-9-16/h2-13,25H,1H3,(H,22,23,24). The van der Waals surface area contributed by atoms with Crippen molar-refractivity contribution in [2.75, 3.05) is 5.32 Å². The number of anilines is 2. The van der Waals surface area contributed by atoms with Crippen LogP contribution in [0.4, 0.5) is 11.6 Å². The van der Waals surface area contributed by atoms with E-state index in [1.54, 1.807) is 12.3 Å². The molecule has 0 amide bonds. The van der Waals surface area contributed by atoms with Gasteiger partial charge in [-0.25, -0.2) is 9.97 Å². The molecule has 2 N–H and O–H groups in total. The monoisotopic (exact) mass is 327 g/mol. The van der Waals surface area contributed by atoms with Crippen LogP contribution in [0.5, 0.6) is 5.75 Å². The van der Waals surface area contributed by atoms with Gasteiger partial charge in [0.1, 0.15) is 5.75 Å².